The SMILES string of the molecule is [CH2]CP(c1ccccc1)(c1ccccc1)(c1ccccc1)c1ccccc1. The van der Waals surface area contributed by atoms with Crippen molar-refractivity contribution in [3.8, 4) is 0 Å². The van der Waals surface area contributed by atoms with E-state index in [1.54, 1.807) is 0 Å². The van der Waals surface area contributed by atoms with Crippen molar-refractivity contribution in [3.63, 3.8) is 0 Å². The monoisotopic (exact) mass is 367 g/mol. The quantitative estimate of drug-likeness (QED) is 0.450. The van der Waals surface area contributed by atoms with Crippen LogP contribution in [0.1, 0.15) is 0 Å². The van der Waals surface area contributed by atoms with Crippen molar-refractivity contribution in [2.45, 2.75) is 0 Å². The van der Waals surface area contributed by atoms with E-state index in [1.807, 2.05) is 0 Å². The van der Waals surface area contributed by atoms with Crippen molar-refractivity contribution in [2.24, 2.45) is 0 Å². The van der Waals surface area contributed by atoms with E-state index in [0.717, 1.165) is 6.16 Å². The molecule has 1 heteroatoms. The van der Waals surface area contributed by atoms with Gasteiger partial charge in [0.1, 0.15) is 0 Å². The van der Waals surface area contributed by atoms with Crippen LogP contribution in [0.3, 0.4) is 0 Å². The second kappa shape index (κ2) is 7.14. The van der Waals surface area contributed by atoms with E-state index < -0.39 is 6.60 Å². The molecule has 0 aliphatic rings. The first kappa shape index (κ1) is 17.7. The topological polar surface area (TPSA) is 0 Å². The van der Waals surface area contributed by atoms with E-state index in [9.17, 15) is 0 Å². The van der Waals surface area contributed by atoms with Gasteiger partial charge in [-0.05, 0) is 0 Å². The normalized spacial score (nSPS) is 12.9. The van der Waals surface area contributed by atoms with Gasteiger partial charge in [0.2, 0.25) is 0 Å². The molecule has 1 radical (unpaired) electrons. The molecule has 0 atom stereocenters. The maximum absolute atomic E-state index is 4.59. The van der Waals surface area contributed by atoms with E-state index in [1.165, 1.54) is 21.2 Å². The van der Waals surface area contributed by atoms with Crippen LogP contribution in [-0.4, -0.2) is 6.16 Å². The average molecular weight is 367 g/mol. The van der Waals surface area contributed by atoms with E-state index in [2.05, 4.69) is 128 Å². The Bertz CT molecular complexity index is 824. The van der Waals surface area contributed by atoms with E-state index in [0.29, 0.717) is 0 Å². The van der Waals surface area contributed by atoms with Crippen LogP contribution < -0.4 is 21.2 Å². The van der Waals surface area contributed by atoms with Crippen LogP contribution in [0.15, 0.2) is 121 Å². The van der Waals surface area contributed by atoms with Crippen molar-refractivity contribution >= 4 is 27.8 Å². The van der Waals surface area contributed by atoms with Crippen LogP contribution in [0, 0.1) is 6.92 Å². The van der Waals surface area contributed by atoms with Gasteiger partial charge >= 0.3 is 162 Å². The molecule has 0 saturated carbocycles. The van der Waals surface area contributed by atoms with Gasteiger partial charge in [-0.3, -0.25) is 0 Å². The summed E-state index contributed by atoms with van der Waals surface area (Å²) in [4.78, 5) is 0. The minimum absolute atomic E-state index is 0.799. The first-order chi connectivity index (χ1) is 13.3. The molecule has 0 aliphatic heterocycles. The van der Waals surface area contributed by atoms with Crippen LogP contribution in [0.4, 0.5) is 0 Å². The fourth-order valence-corrected chi connectivity index (χ4v) is 10.6. The Labute approximate surface area is 162 Å². The average Bonchev–Trinajstić information content (AvgIpc) is 2.78. The van der Waals surface area contributed by atoms with Crippen LogP contribution in [0.25, 0.3) is 0 Å². The van der Waals surface area contributed by atoms with E-state index in [4.69, 9.17) is 0 Å². The summed E-state index contributed by atoms with van der Waals surface area (Å²) >= 11 is 0. The van der Waals surface area contributed by atoms with Crippen molar-refractivity contribution < 1.29 is 0 Å². The van der Waals surface area contributed by atoms with Crippen LogP contribution in [0.5, 0.6) is 0 Å². The van der Waals surface area contributed by atoms with Crippen molar-refractivity contribution in [1.82, 2.24) is 0 Å². The van der Waals surface area contributed by atoms with Gasteiger partial charge in [0, 0.05) is 0 Å². The zero-order valence-corrected chi connectivity index (χ0v) is 16.3. The van der Waals surface area contributed by atoms with Crippen molar-refractivity contribution in [3.05, 3.63) is 128 Å². The summed E-state index contributed by atoms with van der Waals surface area (Å²) in [5.74, 6) is 0. The van der Waals surface area contributed by atoms with Crippen LogP contribution in [0.2, 0.25) is 0 Å². The summed E-state index contributed by atoms with van der Waals surface area (Å²) in [6, 6.07) is 43.9. The maximum atomic E-state index is 4.59. The summed E-state index contributed by atoms with van der Waals surface area (Å²) in [7, 11) is 0. The summed E-state index contributed by atoms with van der Waals surface area (Å²) < 4.78 is 0. The van der Waals surface area contributed by atoms with Gasteiger partial charge in [-0.1, -0.05) is 0 Å². The Morgan fingerprint density at radius 3 is 0.815 bits per heavy atom. The Morgan fingerprint density at radius 1 is 0.407 bits per heavy atom. The molecule has 4 rings (SSSR count). The third-order valence-corrected chi connectivity index (χ3v) is 12.4. The molecule has 0 aliphatic carbocycles. The zero-order chi connectivity index (χ0) is 18.6. The van der Waals surface area contributed by atoms with Gasteiger partial charge in [0.05, 0.1) is 0 Å². The van der Waals surface area contributed by atoms with Crippen molar-refractivity contribution in [2.75, 3.05) is 6.16 Å². The number of hydrogen-bond donors (Lipinski definition) is 0. The van der Waals surface area contributed by atoms with E-state index in [-0.39, 0.29) is 0 Å². The van der Waals surface area contributed by atoms with Gasteiger partial charge in [0.25, 0.3) is 0 Å². The Balaban J connectivity index is 2.27. The van der Waals surface area contributed by atoms with Crippen LogP contribution >= 0.6 is 6.60 Å². The molecule has 0 bridgehead atoms. The molecule has 0 saturated heterocycles. The molecule has 0 amide bonds. The molecular weight excluding hydrogens is 343 g/mol. The molecule has 27 heavy (non-hydrogen) atoms. The fraction of sp³-hybridized carbons (Fsp3) is 0.0385. The zero-order valence-electron chi connectivity index (χ0n) is 15.4. The van der Waals surface area contributed by atoms with Gasteiger partial charge in [-0.15, -0.1) is 0 Å². The van der Waals surface area contributed by atoms with Gasteiger partial charge in [-0.25, -0.2) is 0 Å². The van der Waals surface area contributed by atoms with Crippen LogP contribution in [-0.2, 0) is 0 Å². The summed E-state index contributed by atoms with van der Waals surface area (Å²) in [5, 5.41) is 5.45. The Morgan fingerprint density at radius 2 is 0.630 bits per heavy atom. The molecule has 4 aromatic rings. The molecule has 0 spiro atoms. The first-order valence-electron chi connectivity index (χ1n) is 9.35. The molecule has 4 aromatic carbocycles. The summed E-state index contributed by atoms with van der Waals surface area (Å²) in [6.07, 6.45) is 0.799. The Kier molecular flexibility index (Phi) is 4.68. The standard InChI is InChI=1S/C26H24P/c1-2-27(23-15-7-3-8-16-23,24-17-9-4-10-18-24,25-19-11-5-12-20-25)26-21-13-6-14-22-26/h3-22H,1-2H2. The molecule has 133 valence electrons. The van der Waals surface area contributed by atoms with Gasteiger partial charge < -0.3 is 0 Å². The molecule has 0 aromatic heterocycles. The third kappa shape index (κ3) is 2.48. The number of benzene rings is 4. The van der Waals surface area contributed by atoms with E-state index >= 15 is 0 Å². The van der Waals surface area contributed by atoms with Crippen molar-refractivity contribution in [1.29, 1.82) is 0 Å². The summed E-state index contributed by atoms with van der Waals surface area (Å²) in [6.45, 7) is 1.64. The van der Waals surface area contributed by atoms with Gasteiger partial charge in [-0.2, -0.15) is 0 Å². The molecule has 0 heterocycles. The molecule has 0 N–H and O–H groups in total. The number of hydrogen-bond acceptors (Lipinski definition) is 0. The van der Waals surface area contributed by atoms with Gasteiger partial charge in [0.15, 0.2) is 0 Å². The molecule has 0 unspecified atom stereocenters. The second-order valence-electron chi connectivity index (χ2n) is 6.87. The predicted octanol–water partition coefficient (Wildman–Crippen LogP) is 4.68. The first-order valence-corrected chi connectivity index (χ1v) is 11.8. The predicted molar refractivity (Wildman–Crippen MR) is 121 cm³/mol. The molecular formula is C26H24P. The number of rotatable bonds is 5. The Hall–Kier alpha value is -2.69. The fourth-order valence-electron chi connectivity index (χ4n) is 4.44. The second-order valence-corrected chi connectivity index (χ2v) is 12.0. The third-order valence-electron chi connectivity index (χ3n) is 5.75. The molecule has 0 fully saturated rings. The summed E-state index contributed by atoms with van der Waals surface area (Å²) in [5.41, 5.74) is 0. The minimum atomic E-state index is -2.95. The molecule has 0 nitrogen and oxygen atoms in total.